The van der Waals surface area contributed by atoms with Crippen LogP contribution in [-0.2, 0) is 17.8 Å². The summed E-state index contributed by atoms with van der Waals surface area (Å²) in [4.78, 5) is 9.39. The summed E-state index contributed by atoms with van der Waals surface area (Å²) in [5.41, 5.74) is 3.02. The molecular formula is C19H25N3OS. The molecule has 1 spiro atoms. The van der Waals surface area contributed by atoms with E-state index < -0.39 is 0 Å². The minimum Gasteiger partial charge on any atom is -0.379 e. The van der Waals surface area contributed by atoms with Crippen molar-refractivity contribution in [2.24, 2.45) is 5.41 Å². The van der Waals surface area contributed by atoms with Gasteiger partial charge >= 0.3 is 0 Å². The van der Waals surface area contributed by atoms with Crippen LogP contribution in [0.25, 0.3) is 0 Å². The molecule has 2 fully saturated rings. The van der Waals surface area contributed by atoms with Crippen LogP contribution in [0.1, 0.15) is 17.5 Å². The molecule has 128 valence electrons. The maximum absolute atomic E-state index is 6.00. The van der Waals surface area contributed by atoms with Crippen molar-refractivity contribution in [1.82, 2.24) is 14.8 Å². The van der Waals surface area contributed by atoms with Crippen LogP contribution in [0.3, 0.4) is 0 Å². The number of nitrogens with zero attached hydrogens (tertiary/aromatic N) is 3. The van der Waals surface area contributed by atoms with Crippen LogP contribution in [0.4, 0.5) is 0 Å². The summed E-state index contributed by atoms with van der Waals surface area (Å²) >= 11 is 1.79. The Morgan fingerprint density at radius 1 is 1.12 bits per heavy atom. The SMILES string of the molecule is c1cncc(CN2CCC3(COCCN(Cc4ccsc4)C3)C2)c1. The van der Waals surface area contributed by atoms with Crippen molar-refractivity contribution in [3.8, 4) is 0 Å². The number of rotatable bonds is 4. The van der Waals surface area contributed by atoms with Crippen molar-refractivity contribution in [1.29, 1.82) is 0 Å². The molecule has 0 radical (unpaired) electrons. The van der Waals surface area contributed by atoms with Gasteiger partial charge in [0.2, 0.25) is 0 Å². The third-order valence-corrected chi connectivity index (χ3v) is 5.88. The van der Waals surface area contributed by atoms with Gasteiger partial charge in [0.1, 0.15) is 0 Å². The molecule has 4 nitrogen and oxygen atoms in total. The molecule has 2 aromatic rings. The number of pyridine rings is 1. The second-order valence-electron chi connectivity index (χ2n) is 7.22. The zero-order valence-corrected chi connectivity index (χ0v) is 14.9. The molecular weight excluding hydrogens is 318 g/mol. The third-order valence-electron chi connectivity index (χ3n) is 5.15. The molecule has 4 rings (SSSR count). The lowest BCUT2D eigenvalue weighted by Crippen LogP contribution is -2.40. The molecule has 0 N–H and O–H groups in total. The quantitative estimate of drug-likeness (QED) is 0.853. The minimum atomic E-state index is 0.286. The van der Waals surface area contributed by atoms with Crippen LogP contribution in [0.15, 0.2) is 41.4 Å². The predicted molar refractivity (Wildman–Crippen MR) is 97.0 cm³/mol. The van der Waals surface area contributed by atoms with Gasteiger partial charge in [-0.05, 0) is 47.0 Å². The van der Waals surface area contributed by atoms with E-state index >= 15 is 0 Å². The number of thiophene rings is 1. The topological polar surface area (TPSA) is 28.6 Å². The summed E-state index contributed by atoms with van der Waals surface area (Å²) in [6, 6.07) is 6.44. The first-order valence-electron chi connectivity index (χ1n) is 8.74. The lowest BCUT2D eigenvalue weighted by Gasteiger charge is -2.32. The van der Waals surface area contributed by atoms with Gasteiger partial charge in [0.25, 0.3) is 0 Å². The van der Waals surface area contributed by atoms with Gasteiger partial charge in [-0.2, -0.15) is 11.3 Å². The molecule has 1 unspecified atom stereocenters. The molecule has 4 heterocycles. The van der Waals surface area contributed by atoms with Crippen molar-refractivity contribution in [3.05, 3.63) is 52.5 Å². The summed E-state index contributed by atoms with van der Waals surface area (Å²) in [5, 5.41) is 4.44. The Bertz CT molecular complexity index is 633. The van der Waals surface area contributed by atoms with Gasteiger partial charge in [-0.3, -0.25) is 14.8 Å². The van der Waals surface area contributed by atoms with Crippen LogP contribution in [0.2, 0.25) is 0 Å². The first kappa shape index (κ1) is 16.2. The van der Waals surface area contributed by atoms with E-state index in [1.807, 2.05) is 18.5 Å². The summed E-state index contributed by atoms with van der Waals surface area (Å²) in [6.45, 7) is 8.28. The summed E-state index contributed by atoms with van der Waals surface area (Å²) in [5.74, 6) is 0. The van der Waals surface area contributed by atoms with Crippen LogP contribution < -0.4 is 0 Å². The monoisotopic (exact) mass is 343 g/mol. The summed E-state index contributed by atoms with van der Waals surface area (Å²) in [6.07, 6.45) is 5.06. The Hall–Kier alpha value is -1.27. The normalized spacial score (nSPS) is 26.0. The fraction of sp³-hybridized carbons (Fsp3) is 0.526. The highest BCUT2D eigenvalue weighted by Gasteiger charge is 2.40. The molecule has 0 saturated carbocycles. The van der Waals surface area contributed by atoms with E-state index in [0.29, 0.717) is 0 Å². The van der Waals surface area contributed by atoms with Crippen LogP contribution in [0, 0.1) is 5.41 Å². The lowest BCUT2D eigenvalue weighted by atomic mass is 9.87. The van der Waals surface area contributed by atoms with Gasteiger partial charge in [-0.15, -0.1) is 0 Å². The van der Waals surface area contributed by atoms with Gasteiger partial charge in [0.15, 0.2) is 0 Å². The van der Waals surface area contributed by atoms with E-state index in [2.05, 4.69) is 37.7 Å². The second-order valence-corrected chi connectivity index (χ2v) is 8.00. The first-order chi connectivity index (χ1) is 11.8. The summed E-state index contributed by atoms with van der Waals surface area (Å²) < 4.78 is 6.00. The Morgan fingerprint density at radius 3 is 2.79 bits per heavy atom. The highest BCUT2D eigenvalue weighted by Crippen LogP contribution is 2.34. The Balaban J connectivity index is 1.40. The van der Waals surface area contributed by atoms with E-state index in [-0.39, 0.29) is 5.41 Å². The van der Waals surface area contributed by atoms with Gasteiger partial charge in [-0.1, -0.05) is 6.07 Å². The average Bonchev–Trinajstić information content (AvgIpc) is 3.18. The second kappa shape index (κ2) is 7.31. The fourth-order valence-corrected chi connectivity index (χ4v) is 4.68. The smallest absolute Gasteiger partial charge is 0.0593 e. The first-order valence-corrected chi connectivity index (χ1v) is 9.68. The largest absolute Gasteiger partial charge is 0.379 e. The Labute approximate surface area is 148 Å². The van der Waals surface area contributed by atoms with Crippen LogP contribution in [-0.4, -0.2) is 54.2 Å². The highest BCUT2D eigenvalue weighted by atomic mass is 32.1. The molecule has 2 aromatic heterocycles. The molecule has 5 heteroatoms. The van der Waals surface area contributed by atoms with Crippen molar-refractivity contribution in [2.75, 3.05) is 39.4 Å². The van der Waals surface area contributed by atoms with Gasteiger partial charge < -0.3 is 4.74 Å². The zero-order valence-electron chi connectivity index (χ0n) is 14.1. The van der Waals surface area contributed by atoms with Gasteiger partial charge in [-0.25, -0.2) is 0 Å². The van der Waals surface area contributed by atoms with Crippen molar-refractivity contribution in [3.63, 3.8) is 0 Å². The van der Waals surface area contributed by atoms with E-state index in [4.69, 9.17) is 4.74 Å². The number of hydrogen-bond acceptors (Lipinski definition) is 5. The van der Waals surface area contributed by atoms with E-state index in [1.165, 1.54) is 17.5 Å². The van der Waals surface area contributed by atoms with E-state index in [0.717, 1.165) is 52.5 Å². The molecule has 0 amide bonds. The molecule has 2 aliphatic rings. The molecule has 2 saturated heterocycles. The molecule has 1 atom stereocenters. The minimum absolute atomic E-state index is 0.286. The van der Waals surface area contributed by atoms with Crippen molar-refractivity contribution >= 4 is 11.3 Å². The Kier molecular flexibility index (Phi) is 4.94. The highest BCUT2D eigenvalue weighted by molar-refractivity contribution is 7.07. The maximum atomic E-state index is 6.00. The number of ether oxygens (including phenoxy) is 1. The van der Waals surface area contributed by atoms with Crippen LogP contribution in [0.5, 0.6) is 0 Å². The predicted octanol–water partition coefficient (Wildman–Crippen LogP) is 2.87. The lowest BCUT2D eigenvalue weighted by molar-refractivity contribution is 0.0706. The van der Waals surface area contributed by atoms with E-state index in [9.17, 15) is 0 Å². The van der Waals surface area contributed by atoms with E-state index in [1.54, 1.807) is 11.3 Å². The zero-order chi connectivity index (χ0) is 16.2. The third kappa shape index (κ3) is 3.86. The van der Waals surface area contributed by atoms with Crippen molar-refractivity contribution < 1.29 is 4.74 Å². The molecule has 0 aromatic carbocycles. The molecule has 0 bridgehead atoms. The maximum Gasteiger partial charge on any atom is 0.0593 e. The van der Waals surface area contributed by atoms with Gasteiger partial charge in [0, 0.05) is 50.5 Å². The molecule has 0 aliphatic carbocycles. The Morgan fingerprint density at radius 2 is 2.00 bits per heavy atom. The number of aromatic nitrogens is 1. The van der Waals surface area contributed by atoms with Crippen molar-refractivity contribution in [2.45, 2.75) is 19.5 Å². The van der Waals surface area contributed by atoms with Gasteiger partial charge in [0.05, 0.1) is 13.2 Å². The van der Waals surface area contributed by atoms with Crippen LogP contribution >= 0.6 is 11.3 Å². The number of likely N-dealkylation sites (tertiary alicyclic amines) is 1. The number of hydrogen-bond donors (Lipinski definition) is 0. The summed E-state index contributed by atoms with van der Waals surface area (Å²) in [7, 11) is 0. The standard InChI is InChI=1S/C19H25N3OS/c1-2-17(10-20-5-1)11-21-6-4-19(14-21)15-22(7-8-23-16-19)12-18-3-9-24-13-18/h1-3,5,9-10,13H,4,6-8,11-12,14-16H2. The fourth-order valence-electron chi connectivity index (χ4n) is 4.02. The molecule has 2 aliphatic heterocycles. The molecule has 24 heavy (non-hydrogen) atoms. The average molecular weight is 343 g/mol.